The maximum atomic E-state index is 5.79. The van der Waals surface area contributed by atoms with E-state index in [1.807, 2.05) is 23.9 Å². The summed E-state index contributed by atoms with van der Waals surface area (Å²) in [4.78, 5) is 0. The predicted molar refractivity (Wildman–Crippen MR) is 73.2 cm³/mol. The standard InChI is InChI=1S/C13H20N2OS/c1-17-8-7-13(15-14)10-3-2-4-12(9-10)16-11-5-6-11/h2-4,9,11,13,15H,5-8,14H2,1H3. The Balaban J connectivity index is 2.01. The van der Waals surface area contributed by atoms with Crippen LogP contribution in [0, 0.1) is 0 Å². The molecule has 0 aromatic heterocycles. The number of thioether (sulfide) groups is 1. The van der Waals surface area contributed by atoms with Gasteiger partial charge in [-0.3, -0.25) is 11.3 Å². The molecule has 0 amide bonds. The van der Waals surface area contributed by atoms with Crippen molar-refractivity contribution in [2.45, 2.75) is 31.4 Å². The van der Waals surface area contributed by atoms with Gasteiger partial charge in [-0.05, 0) is 49.0 Å². The Bertz CT molecular complexity index is 355. The molecule has 0 heterocycles. The van der Waals surface area contributed by atoms with Gasteiger partial charge in [0, 0.05) is 6.04 Å². The molecule has 0 radical (unpaired) electrons. The normalized spacial score (nSPS) is 16.8. The molecule has 1 atom stereocenters. The summed E-state index contributed by atoms with van der Waals surface area (Å²) in [6.45, 7) is 0. The fourth-order valence-electron chi connectivity index (χ4n) is 1.76. The van der Waals surface area contributed by atoms with E-state index in [0.29, 0.717) is 6.10 Å². The SMILES string of the molecule is CSCCC(NN)c1cccc(OC2CC2)c1. The molecule has 3 N–H and O–H groups in total. The highest BCUT2D eigenvalue weighted by Crippen LogP contribution is 2.28. The average molecular weight is 252 g/mol. The van der Waals surface area contributed by atoms with E-state index in [0.717, 1.165) is 17.9 Å². The highest BCUT2D eigenvalue weighted by Gasteiger charge is 2.23. The van der Waals surface area contributed by atoms with Gasteiger partial charge >= 0.3 is 0 Å². The molecule has 1 aliphatic rings. The van der Waals surface area contributed by atoms with Gasteiger partial charge in [0.15, 0.2) is 0 Å². The summed E-state index contributed by atoms with van der Waals surface area (Å²) >= 11 is 1.84. The first-order valence-electron chi connectivity index (χ1n) is 6.05. The van der Waals surface area contributed by atoms with E-state index in [1.165, 1.54) is 18.4 Å². The Hall–Kier alpha value is -0.710. The van der Waals surface area contributed by atoms with E-state index in [9.17, 15) is 0 Å². The number of nitrogens with one attached hydrogen (secondary N) is 1. The fourth-order valence-corrected chi connectivity index (χ4v) is 2.24. The lowest BCUT2D eigenvalue weighted by molar-refractivity contribution is 0.302. The number of hydrazine groups is 1. The molecule has 1 saturated carbocycles. The maximum absolute atomic E-state index is 5.79. The van der Waals surface area contributed by atoms with Gasteiger partial charge in [-0.15, -0.1) is 0 Å². The van der Waals surface area contributed by atoms with Gasteiger partial charge < -0.3 is 4.74 Å². The Morgan fingerprint density at radius 3 is 3.00 bits per heavy atom. The molecule has 0 bridgehead atoms. The Kier molecular flexibility index (Phi) is 4.71. The van der Waals surface area contributed by atoms with Crippen molar-refractivity contribution in [1.82, 2.24) is 5.43 Å². The van der Waals surface area contributed by atoms with Crippen molar-refractivity contribution in [1.29, 1.82) is 0 Å². The first-order chi connectivity index (χ1) is 8.33. The number of ether oxygens (including phenoxy) is 1. The summed E-state index contributed by atoms with van der Waals surface area (Å²) in [5.74, 6) is 7.68. The van der Waals surface area contributed by atoms with Gasteiger partial charge in [-0.2, -0.15) is 11.8 Å². The molecule has 0 aliphatic heterocycles. The van der Waals surface area contributed by atoms with E-state index in [4.69, 9.17) is 10.6 Å². The van der Waals surface area contributed by atoms with Gasteiger partial charge in [-0.1, -0.05) is 12.1 Å². The fraction of sp³-hybridized carbons (Fsp3) is 0.538. The number of hydrogen-bond acceptors (Lipinski definition) is 4. The molecular formula is C13H20N2OS. The third-order valence-electron chi connectivity index (χ3n) is 2.90. The lowest BCUT2D eigenvalue weighted by Crippen LogP contribution is -2.28. The predicted octanol–water partition coefficient (Wildman–Crippen LogP) is 2.49. The van der Waals surface area contributed by atoms with E-state index < -0.39 is 0 Å². The van der Waals surface area contributed by atoms with Crippen LogP contribution in [0.15, 0.2) is 24.3 Å². The molecular weight excluding hydrogens is 232 g/mol. The summed E-state index contributed by atoms with van der Waals surface area (Å²) in [6.07, 6.45) is 5.97. The summed E-state index contributed by atoms with van der Waals surface area (Å²) in [6, 6.07) is 8.47. The molecule has 3 nitrogen and oxygen atoms in total. The quantitative estimate of drug-likeness (QED) is 0.578. The molecule has 0 saturated heterocycles. The van der Waals surface area contributed by atoms with Gasteiger partial charge in [-0.25, -0.2) is 0 Å². The monoisotopic (exact) mass is 252 g/mol. The third-order valence-corrected chi connectivity index (χ3v) is 3.54. The Morgan fingerprint density at radius 1 is 1.53 bits per heavy atom. The van der Waals surface area contributed by atoms with Crippen molar-refractivity contribution in [2.75, 3.05) is 12.0 Å². The van der Waals surface area contributed by atoms with Gasteiger partial charge in [0.1, 0.15) is 5.75 Å². The van der Waals surface area contributed by atoms with Crippen molar-refractivity contribution in [3.8, 4) is 5.75 Å². The van der Waals surface area contributed by atoms with Crippen LogP contribution in [0.25, 0.3) is 0 Å². The molecule has 0 spiro atoms. The lowest BCUT2D eigenvalue weighted by Gasteiger charge is -2.16. The summed E-state index contributed by atoms with van der Waals surface area (Å²) in [5.41, 5.74) is 4.09. The van der Waals surface area contributed by atoms with E-state index in [1.54, 1.807) is 0 Å². The molecule has 1 aliphatic carbocycles. The number of hydrogen-bond donors (Lipinski definition) is 2. The van der Waals surface area contributed by atoms with Crippen LogP contribution in [0.2, 0.25) is 0 Å². The molecule has 17 heavy (non-hydrogen) atoms. The molecule has 4 heteroatoms. The lowest BCUT2D eigenvalue weighted by atomic mass is 10.1. The maximum Gasteiger partial charge on any atom is 0.120 e. The minimum atomic E-state index is 0.213. The van der Waals surface area contributed by atoms with Crippen LogP contribution >= 0.6 is 11.8 Å². The van der Waals surface area contributed by atoms with E-state index >= 15 is 0 Å². The van der Waals surface area contributed by atoms with Crippen LogP contribution in [-0.2, 0) is 0 Å². The van der Waals surface area contributed by atoms with Crippen molar-refractivity contribution >= 4 is 11.8 Å². The molecule has 1 aromatic carbocycles. The smallest absolute Gasteiger partial charge is 0.120 e. The zero-order chi connectivity index (χ0) is 12.1. The largest absolute Gasteiger partial charge is 0.490 e. The third kappa shape index (κ3) is 3.91. The number of rotatable bonds is 7. The zero-order valence-corrected chi connectivity index (χ0v) is 11.0. The molecule has 2 rings (SSSR count). The first kappa shape index (κ1) is 12.7. The van der Waals surface area contributed by atoms with Gasteiger partial charge in [0.25, 0.3) is 0 Å². The molecule has 94 valence electrons. The highest BCUT2D eigenvalue weighted by molar-refractivity contribution is 7.98. The molecule has 1 fully saturated rings. The summed E-state index contributed by atoms with van der Waals surface area (Å²) < 4.78 is 5.79. The second kappa shape index (κ2) is 6.28. The number of benzene rings is 1. The van der Waals surface area contributed by atoms with Crippen LogP contribution in [0.1, 0.15) is 30.9 Å². The molecule has 1 unspecified atom stereocenters. The van der Waals surface area contributed by atoms with Crippen molar-refractivity contribution in [3.05, 3.63) is 29.8 Å². The van der Waals surface area contributed by atoms with E-state index in [2.05, 4.69) is 23.8 Å². The first-order valence-corrected chi connectivity index (χ1v) is 7.44. The van der Waals surface area contributed by atoms with Gasteiger partial charge in [0.2, 0.25) is 0 Å². The minimum Gasteiger partial charge on any atom is -0.490 e. The average Bonchev–Trinajstić information content (AvgIpc) is 3.15. The Labute approximate surface area is 107 Å². The van der Waals surface area contributed by atoms with Crippen LogP contribution in [-0.4, -0.2) is 18.1 Å². The van der Waals surface area contributed by atoms with Crippen molar-refractivity contribution in [2.24, 2.45) is 5.84 Å². The van der Waals surface area contributed by atoms with Crippen molar-refractivity contribution < 1.29 is 4.74 Å². The summed E-state index contributed by atoms with van der Waals surface area (Å²) in [5, 5.41) is 0. The summed E-state index contributed by atoms with van der Waals surface area (Å²) in [7, 11) is 0. The molecule has 1 aromatic rings. The minimum absolute atomic E-state index is 0.213. The van der Waals surface area contributed by atoms with Crippen LogP contribution < -0.4 is 16.0 Å². The van der Waals surface area contributed by atoms with Gasteiger partial charge in [0.05, 0.1) is 6.10 Å². The second-order valence-corrected chi connectivity index (χ2v) is 5.38. The van der Waals surface area contributed by atoms with E-state index in [-0.39, 0.29) is 6.04 Å². The second-order valence-electron chi connectivity index (χ2n) is 4.39. The topological polar surface area (TPSA) is 47.3 Å². The Morgan fingerprint density at radius 2 is 2.35 bits per heavy atom. The highest BCUT2D eigenvalue weighted by atomic mass is 32.2. The van der Waals surface area contributed by atoms with Crippen LogP contribution in [0.4, 0.5) is 0 Å². The van der Waals surface area contributed by atoms with Crippen LogP contribution in [0.3, 0.4) is 0 Å². The van der Waals surface area contributed by atoms with Crippen LogP contribution in [0.5, 0.6) is 5.75 Å². The van der Waals surface area contributed by atoms with Crippen molar-refractivity contribution in [3.63, 3.8) is 0 Å². The number of nitrogens with two attached hydrogens (primary N) is 1. The zero-order valence-electron chi connectivity index (χ0n) is 10.2.